The second kappa shape index (κ2) is 4.56. The average Bonchev–Trinajstić information content (AvgIpc) is 2.69. The molecule has 0 aliphatic carbocycles. The Morgan fingerprint density at radius 1 is 1.39 bits per heavy atom. The number of aliphatic hydroxyl groups is 1. The predicted molar refractivity (Wildman–Crippen MR) is 70.9 cm³/mol. The molecule has 1 aromatic rings. The van der Waals surface area contributed by atoms with Gasteiger partial charge >= 0.3 is 0 Å². The van der Waals surface area contributed by atoms with Crippen molar-refractivity contribution in [1.82, 2.24) is 4.90 Å². The minimum atomic E-state index is -0.430. The summed E-state index contributed by atoms with van der Waals surface area (Å²) < 4.78 is 5.92. The van der Waals surface area contributed by atoms with Gasteiger partial charge in [0.1, 0.15) is 11.9 Å². The van der Waals surface area contributed by atoms with E-state index in [1.165, 1.54) is 5.56 Å². The largest absolute Gasteiger partial charge is 0.488 e. The summed E-state index contributed by atoms with van der Waals surface area (Å²) in [6, 6.07) is 8.26. The quantitative estimate of drug-likeness (QED) is 0.881. The lowest BCUT2D eigenvalue weighted by atomic mass is 9.89. The summed E-state index contributed by atoms with van der Waals surface area (Å²) in [5.41, 5.74) is 0.882. The van der Waals surface area contributed by atoms with E-state index in [9.17, 15) is 5.11 Å². The van der Waals surface area contributed by atoms with Gasteiger partial charge in [0.15, 0.2) is 0 Å². The van der Waals surface area contributed by atoms with Crippen LogP contribution in [0.4, 0.5) is 0 Å². The van der Waals surface area contributed by atoms with Crippen LogP contribution in [0.1, 0.15) is 25.3 Å². The van der Waals surface area contributed by atoms with E-state index in [0.717, 1.165) is 44.6 Å². The van der Waals surface area contributed by atoms with E-state index in [1.807, 2.05) is 12.1 Å². The van der Waals surface area contributed by atoms with Crippen molar-refractivity contribution >= 4 is 0 Å². The van der Waals surface area contributed by atoms with Gasteiger partial charge in [0, 0.05) is 26.1 Å². The van der Waals surface area contributed by atoms with Crippen molar-refractivity contribution in [2.24, 2.45) is 0 Å². The van der Waals surface area contributed by atoms with Crippen molar-refractivity contribution in [2.75, 3.05) is 19.6 Å². The number of hydrogen-bond donors (Lipinski definition) is 1. The Morgan fingerprint density at radius 2 is 2.17 bits per heavy atom. The Morgan fingerprint density at radius 3 is 2.89 bits per heavy atom. The normalized spacial score (nSPS) is 25.3. The topological polar surface area (TPSA) is 32.7 Å². The van der Waals surface area contributed by atoms with E-state index >= 15 is 0 Å². The fourth-order valence-corrected chi connectivity index (χ4v) is 3.18. The van der Waals surface area contributed by atoms with Crippen molar-refractivity contribution in [3.05, 3.63) is 29.8 Å². The monoisotopic (exact) mass is 247 g/mol. The molecule has 2 aliphatic rings. The zero-order chi connectivity index (χ0) is 12.6. The van der Waals surface area contributed by atoms with Gasteiger partial charge < -0.3 is 9.84 Å². The van der Waals surface area contributed by atoms with Crippen LogP contribution in [-0.2, 0) is 6.42 Å². The molecule has 1 atom stereocenters. The van der Waals surface area contributed by atoms with E-state index in [4.69, 9.17) is 4.74 Å². The molecule has 2 aliphatic heterocycles. The molecule has 3 heteroatoms. The zero-order valence-electron chi connectivity index (χ0n) is 10.9. The van der Waals surface area contributed by atoms with E-state index in [2.05, 4.69) is 24.0 Å². The van der Waals surface area contributed by atoms with E-state index < -0.39 is 5.60 Å². The number of ether oxygens (including phenoxy) is 1. The molecule has 0 saturated carbocycles. The van der Waals surface area contributed by atoms with Crippen molar-refractivity contribution in [3.8, 4) is 5.75 Å². The highest BCUT2D eigenvalue weighted by atomic mass is 16.5. The smallest absolute Gasteiger partial charge is 0.123 e. The molecule has 1 aromatic carbocycles. The minimum Gasteiger partial charge on any atom is -0.488 e. The molecule has 0 spiro atoms. The van der Waals surface area contributed by atoms with Gasteiger partial charge in [-0.05, 0) is 18.1 Å². The van der Waals surface area contributed by atoms with Crippen LogP contribution < -0.4 is 4.74 Å². The Balaban J connectivity index is 1.50. The molecule has 2 heterocycles. The third-order valence-corrected chi connectivity index (χ3v) is 3.93. The second-order valence-electron chi connectivity index (χ2n) is 5.70. The van der Waals surface area contributed by atoms with Crippen LogP contribution in [-0.4, -0.2) is 41.3 Å². The Labute approximate surface area is 108 Å². The van der Waals surface area contributed by atoms with Crippen molar-refractivity contribution in [1.29, 1.82) is 0 Å². The second-order valence-corrected chi connectivity index (χ2v) is 5.70. The van der Waals surface area contributed by atoms with E-state index in [-0.39, 0.29) is 6.10 Å². The number of benzene rings is 1. The molecule has 0 aromatic heterocycles. The molecule has 1 fully saturated rings. The summed E-state index contributed by atoms with van der Waals surface area (Å²) in [6.45, 7) is 4.66. The first-order valence-electron chi connectivity index (χ1n) is 6.88. The van der Waals surface area contributed by atoms with Crippen LogP contribution in [0.5, 0.6) is 5.75 Å². The molecule has 1 saturated heterocycles. The molecule has 18 heavy (non-hydrogen) atoms. The lowest BCUT2D eigenvalue weighted by molar-refractivity contribution is -0.110. The Bertz CT molecular complexity index is 401. The lowest BCUT2D eigenvalue weighted by Crippen LogP contribution is -2.63. The van der Waals surface area contributed by atoms with Crippen LogP contribution in [0.2, 0.25) is 0 Å². The van der Waals surface area contributed by atoms with Crippen LogP contribution in [0.25, 0.3) is 0 Å². The van der Waals surface area contributed by atoms with Gasteiger partial charge in [-0.2, -0.15) is 0 Å². The van der Waals surface area contributed by atoms with Crippen molar-refractivity contribution < 1.29 is 9.84 Å². The third-order valence-electron chi connectivity index (χ3n) is 3.93. The summed E-state index contributed by atoms with van der Waals surface area (Å²) >= 11 is 0. The summed E-state index contributed by atoms with van der Waals surface area (Å²) in [6.07, 6.45) is 3.22. The lowest BCUT2D eigenvalue weighted by Gasteiger charge is -2.47. The number of hydrogen-bond acceptors (Lipinski definition) is 3. The van der Waals surface area contributed by atoms with E-state index in [1.54, 1.807) is 0 Å². The fraction of sp³-hybridized carbons (Fsp3) is 0.600. The van der Waals surface area contributed by atoms with Gasteiger partial charge in [-0.15, -0.1) is 0 Å². The molecule has 0 bridgehead atoms. The SMILES string of the molecule is CCCC1(O)CN(CC2Cc3ccccc3O2)C1. The number of β-amino-alcohol motifs (C(OH)–C–C–N with tert-alkyl or cyclic N) is 1. The molecule has 0 amide bonds. The summed E-state index contributed by atoms with van der Waals surface area (Å²) in [4.78, 5) is 2.30. The third kappa shape index (κ3) is 2.25. The highest BCUT2D eigenvalue weighted by Gasteiger charge is 2.41. The number of nitrogens with zero attached hydrogens (tertiary/aromatic N) is 1. The number of fused-ring (bicyclic) bond motifs is 1. The van der Waals surface area contributed by atoms with Gasteiger partial charge in [-0.3, -0.25) is 4.90 Å². The minimum absolute atomic E-state index is 0.258. The Kier molecular flexibility index (Phi) is 3.04. The summed E-state index contributed by atoms with van der Waals surface area (Å²) in [7, 11) is 0. The molecule has 1 unspecified atom stereocenters. The summed E-state index contributed by atoms with van der Waals surface area (Å²) in [5.74, 6) is 1.03. The molecule has 3 nitrogen and oxygen atoms in total. The first-order chi connectivity index (χ1) is 8.68. The maximum atomic E-state index is 10.1. The Hall–Kier alpha value is -1.06. The van der Waals surface area contributed by atoms with Gasteiger partial charge in [0.2, 0.25) is 0 Å². The number of para-hydroxylation sites is 1. The van der Waals surface area contributed by atoms with Gasteiger partial charge in [-0.25, -0.2) is 0 Å². The van der Waals surface area contributed by atoms with Gasteiger partial charge in [0.05, 0.1) is 5.60 Å². The summed E-state index contributed by atoms with van der Waals surface area (Å²) in [5, 5.41) is 10.1. The van der Waals surface area contributed by atoms with Crippen LogP contribution in [0.3, 0.4) is 0 Å². The van der Waals surface area contributed by atoms with Crippen LogP contribution in [0.15, 0.2) is 24.3 Å². The predicted octanol–water partition coefficient (Wildman–Crippen LogP) is 1.84. The first kappa shape index (κ1) is 12.0. The van der Waals surface area contributed by atoms with E-state index in [0.29, 0.717) is 0 Å². The zero-order valence-corrected chi connectivity index (χ0v) is 10.9. The first-order valence-corrected chi connectivity index (χ1v) is 6.88. The maximum absolute atomic E-state index is 10.1. The van der Waals surface area contributed by atoms with Gasteiger partial charge in [0.25, 0.3) is 0 Å². The van der Waals surface area contributed by atoms with Crippen molar-refractivity contribution in [3.63, 3.8) is 0 Å². The molecule has 98 valence electrons. The molecule has 3 rings (SSSR count). The molecule has 1 N–H and O–H groups in total. The van der Waals surface area contributed by atoms with Crippen LogP contribution in [0, 0.1) is 0 Å². The van der Waals surface area contributed by atoms with Gasteiger partial charge in [-0.1, -0.05) is 31.5 Å². The number of likely N-dealkylation sites (tertiary alicyclic amines) is 1. The van der Waals surface area contributed by atoms with Crippen molar-refractivity contribution in [2.45, 2.75) is 37.9 Å². The maximum Gasteiger partial charge on any atom is 0.123 e. The average molecular weight is 247 g/mol. The molecular formula is C15H21NO2. The standard InChI is InChI=1S/C15H21NO2/c1-2-7-15(17)10-16(11-15)9-13-8-12-5-3-4-6-14(12)18-13/h3-6,13,17H,2,7-11H2,1H3. The highest BCUT2D eigenvalue weighted by molar-refractivity contribution is 5.37. The molecular weight excluding hydrogens is 226 g/mol. The van der Waals surface area contributed by atoms with Crippen LogP contribution >= 0.6 is 0 Å². The highest BCUT2D eigenvalue weighted by Crippen LogP contribution is 2.31. The molecule has 0 radical (unpaired) electrons. The fourth-order valence-electron chi connectivity index (χ4n) is 3.18. The number of rotatable bonds is 4.